The molecule has 0 unspecified atom stereocenters. The highest BCUT2D eigenvalue weighted by atomic mass is 79.9. The minimum absolute atomic E-state index is 0.0543. The van der Waals surface area contributed by atoms with Gasteiger partial charge in [0.25, 0.3) is 5.91 Å². The van der Waals surface area contributed by atoms with Gasteiger partial charge in [0, 0.05) is 0 Å². The quantitative estimate of drug-likeness (QED) is 0.275. The fourth-order valence-electron chi connectivity index (χ4n) is 2.83. The van der Waals surface area contributed by atoms with Gasteiger partial charge < -0.3 is 4.74 Å². The predicted octanol–water partition coefficient (Wildman–Crippen LogP) is 6.23. The van der Waals surface area contributed by atoms with E-state index in [0.717, 1.165) is 41.4 Å². The topological polar surface area (TPSA) is 50.7 Å². The van der Waals surface area contributed by atoms with Crippen LogP contribution in [0.25, 0.3) is 0 Å². The maximum Gasteiger partial charge on any atom is 0.277 e. The van der Waals surface area contributed by atoms with Crippen LogP contribution in [0.15, 0.2) is 58.1 Å². The van der Waals surface area contributed by atoms with E-state index in [1.54, 1.807) is 0 Å². The third kappa shape index (κ3) is 7.65. The van der Waals surface area contributed by atoms with Crippen LogP contribution in [0, 0.1) is 0 Å². The second kappa shape index (κ2) is 11.1. The number of benzene rings is 2. The molecule has 0 saturated carbocycles. The van der Waals surface area contributed by atoms with Crippen molar-refractivity contribution in [2.75, 3.05) is 6.61 Å². The lowest BCUT2D eigenvalue weighted by Gasteiger charge is -2.20. The molecule has 156 valence electrons. The highest BCUT2D eigenvalue weighted by Crippen LogP contribution is 2.31. The van der Waals surface area contributed by atoms with E-state index in [1.807, 2.05) is 48.5 Å². The lowest BCUT2D eigenvalue weighted by Crippen LogP contribution is -2.26. The summed E-state index contributed by atoms with van der Waals surface area (Å²) in [6.07, 6.45) is 4.16. The molecule has 2 aromatic rings. The second-order valence-corrected chi connectivity index (χ2v) is 8.95. The molecule has 0 aliphatic carbocycles. The van der Waals surface area contributed by atoms with Crippen LogP contribution in [0.1, 0.15) is 64.5 Å². The van der Waals surface area contributed by atoms with Crippen LogP contribution in [0.3, 0.4) is 0 Å². The molecule has 29 heavy (non-hydrogen) atoms. The highest BCUT2D eigenvalue weighted by molar-refractivity contribution is 9.10. The number of nitrogens with one attached hydrogen (secondary N) is 1. The van der Waals surface area contributed by atoms with Crippen LogP contribution in [-0.2, 0) is 10.2 Å². The molecule has 0 fully saturated rings. The Morgan fingerprint density at radius 3 is 2.45 bits per heavy atom. The van der Waals surface area contributed by atoms with Gasteiger partial charge in [0.1, 0.15) is 5.75 Å². The van der Waals surface area contributed by atoms with E-state index in [4.69, 9.17) is 4.74 Å². The van der Waals surface area contributed by atoms with Crippen LogP contribution in [0.4, 0.5) is 0 Å². The smallest absolute Gasteiger partial charge is 0.277 e. The molecule has 2 aromatic carbocycles. The average Bonchev–Trinajstić information content (AvgIpc) is 2.69. The highest BCUT2D eigenvalue weighted by Gasteiger charge is 2.15. The number of halogens is 1. The monoisotopic (exact) mass is 458 g/mol. The standard InChI is InChI=1S/C24H31BrN2O2/c1-5-6-8-13-21(18-11-9-7-10-12-18)26-27-23(28)17-29-22-15-14-19(16-20(22)25)24(2,3)4/h7,9-12,14-16H,5-6,8,13,17H2,1-4H3,(H,27,28). The molecular weight excluding hydrogens is 428 g/mol. The SMILES string of the molecule is CCCCCC(=NNC(=O)COc1ccc(C(C)(C)C)cc1Br)c1ccccc1. The summed E-state index contributed by atoms with van der Waals surface area (Å²) in [7, 11) is 0. The number of carbonyl (C=O) groups excluding carboxylic acids is 1. The number of carbonyl (C=O) groups is 1. The van der Waals surface area contributed by atoms with Gasteiger partial charge in [-0.2, -0.15) is 5.10 Å². The summed E-state index contributed by atoms with van der Waals surface area (Å²) in [6.45, 7) is 8.56. The molecule has 0 aliphatic rings. The molecular formula is C24H31BrN2O2. The van der Waals surface area contributed by atoms with Crippen LogP contribution in [-0.4, -0.2) is 18.2 Å². The Morgan fingerprint density at radius 2 is 1.83 bits per heavy atom. The first kappa shape index (κ1) is 23.1. The van der Waals surface area contributed by atoms with Crippen LogP contribution in [0.2, 0.25) is 0 Å². The lowest BCUT2D eigenvalue weighted by molar-refractivity contribution is -0.123. The Hall–Kier alpha value is -2.14. The van der Waals surface area contributed by atoms with Gasteiger partial charge in [0.05, 0.1) is 10.2 Å². The number of hydrazone groups is 1. The molecule has 0 radical (unpaired) electrons. The molecule has 2 rings (SSSR count). The number of unbranched alkanes of at least 4 members (excludes halogenated alkanes) is 2. The zero-order chi connectivity index (χ0) is 21.3. The van der Waals surface area contributed by atoms with Crippen molar-refractivity contribution in [1.29, 1.82) is 0 Å². The Bertz CT molecular complexity index is 827. The number of hydrogen-bond donors (Lipinski definition) is 1. The fourth-order valence-corrected chi connectivity index (χ4v) is 3.32. The number of amides is 1. The van der Waals surface area contributed by atoms with Gasteiger partial charge >= 0.3 is 0 Å². The number of ether oxygens (including phenoxy) is 1. The Labute approximate surface area is 182 Å². The summed E-state index contributed by atoms with van der Waals surface area (Å²) in [6, 6.07) is 15.9. The molecule has 1 amide bonds. The van der Waals surface area contributed by atoms with Crippen molar-refractivity contribution in [2.45, 2.75) is 58.8 Å². The van der Waals surface area contributed by atoms with Crippen LogP contribution in [0.5, 0.6) is 5.75 Å². The van der Waals surface area contributed by atoms with Gasteiger partial charge in [-0.15, -0.1) is 0 Å². The largest absolute Gasteiger partial charge is 0.483 e. The first-order valence-corrected chi connectivity index (χ1v) is 10.9. The number of hydrogen-bond acceptors (Lipinski definition) is 3. The molecule has 0 atom stereocenters. The molecule has 5 heteroatoms. The van der Waals surface area contributed by atoms with Crippen LogP contribution >= 0.6 is 15.9 Å². The minimum Gasteiger partial charge on any atom is -0.483 e. The van der Waals surface area contributed by atoms with Crippen molar-refractivity contribution in [3.63, 3.8) is 0 Å². The normalized spacial score (nSPS) is 12.0. The first-order valence-electron chi connectivity index (χ1n) is 10.1. The lowest BCUT2D eigenvalue weighted by atomic mass is 9.87. The van der Waals surface area contributed by atoms with Gasteiger partial charge in [0.15, 0.2) is 6.61 Å². The van der Waals surface area contributed by atoms with E-state index in [0.29, 0.717) is 5.75 Å². The third-order valence-electron chi connectivity index (χ3n) is 4.60. The van der Waals surface area contributed by atoms with E-state index < -0.39 is 0 Å². The van der Waals surface area contributed by atoms with E-state index in [2.05, 4.69) is 54.2 Å². The summed E-state index contributed by atoms with van der Waals surface area (Å²) in [5, 5.41) is 4.37. The van der Waals surface area contributed by atoms with E-state index in [1.165, 1.54) is 5.56 Å². The summed E-state index contributed by atoms with van der Waals surface area (Å²) in [5.41, 5.74) is 5.82. The number of nitrogens with zero attached hydrogens (tertiary/aromatic N) is 1. The van der Waals surface area contributed by atoms with Gasteiger partial charge in [-0.3, -0.25) is 4.79 Å². The van der Waals surface area contributed by atoms with Crippen LogP contribution < -0.4 is 10.2 Å². The van der Waals surface area contributed by atoms with Crippen molar-refractivity contribution >= 4 is 27.5 Å². The maximum atomic E-state index is 12.3. The van der Waals surface area contributed by atoms with Crippen molar-refractivity contribution in [3.05, 3.63) is 64.1 Å². The summed E-state index contributed by atoms with van der Waals surface area (Å²) in [5.74, 6) is 0.365. The predicted molar refractivity (Wildman–Crippen MR) is 124 cm³/mol. The molecule has 0 heterocycles. The summed E-state index contributed by atoms with van der Waals surface area (Å²) >= 11 is 3.53. The summed E-state index contributed by atoms with van der Waals surface area (Å²) < 4.78 is 6.51. The Kier molecular flexibility index (Phi) is 8.90. The summed E-state index contributed by atoms with van der Waals surface area (Å²) in [4.78, 5) is 12.3. The third-order valence-corrected chi connectivity index (χ3v) is 5.22. The van der Waals surface area contributed by atoms with Crippen molar-refractivity contribution in [2.24, 2.45) is 5.10 Å². The van der Waals surface area contributed by atoms with Gasteiger partial charge in [-0.25, -0.2) is 5.43 Å². The fraction of sp³-hybridized carbons (Fsp3) is 0.417. The maximum absolute atomic E-state index is 12.3. The van der Waals surface area contributed by atoms with Crippen molar-refractivity contribution < 1.29 is 9.53 Å². The molecule has 0 saturated heterocycles. The Morgan fingerprint density at radius 1 is 1.10 bits per heavy atom. The Balaban J connectivity index is 1.97. The molecule has 0 bridgehead atoms. The zero-order valence-corrected chi connectivity index (χ0v) is 19.4. The number of rotatable bonds is 9. The first-order chi connectivity index (χ1) is 13.8. The molecule has 0 aromatic heterocycles. The van der Waals surface area contributed by atoms with Gasteiger partial charge in [0.2, 0.25) is 0 Å². The average molecular weight is 459 g/mol. The molecule has 0 aliphatic heterocycles. The second-order valence-electron chi connectivity index (χ2n) is 8.10. The van der Waals surface area contributed by atoms with E-state index in [9.17, 15) is 4.79 Å². The van der Waals surface area contributed by atoms with E-state index in [-0.39, 0.29) is 17.9 Å². The van der Waals surface area contributed by atoms with Crippen molar-refractivity contribution in [1.82, 2.24) is 5.43 Å². The van der Waals surface area contributed by atoms with Gasteiger partial charge in [-0.1, -0.05) is 76.9 Å². The van der Waals surface area contributed by atoms with Gasteiger partial charge in [-0.05, 0) is 57.4 Å². The molecule has 0 spiro atoms. The van der Waals surface area contributed by atoms with Crippen molar-refractivity contribution in [3.8, 4) is 5.75 Å². The molecule has 4 nitrogen and oxygen atoms in total. The van der Waals surface area contributed by atoms with E-state index >= 15 is 0 Å². The minimum atomic E-state index is -0.277. The molecule has 1 N–H and O–H groups in total. The zero-order valence-electron chi connectivity index (χ0n) is 17.8.